The van der Waals surface area contributed by atoms with Crippen molar-refractivity contribution in [3.8, 4) is 11.8 Å². The number of aromatic nitrogens is 1. The lowest BCUT2D eigenvalue weighted by atomic mass is 10.2. The molecule has 1 heterocycles. The minimum absolute atomic E-state index is 0.0745. The minimum atomic E-state index is -3.80. The Labute approximate surface area is 163 Å². The molecule has 0 saturated heterocycles. The van der Waals surface area contributed by atoms with Gasteiger partial charge in [-0.1, -0.05) is 42.2 Å². The zero-order valence-corrected chi connectivity index (χ0v) is 15.7. The number of anilines is 1. The van der Waals surface area contributed by atoms with Crippen molar-refractivity contribution in [2.24, 2.45) is 0 Å². The van der Waals surface area contributed by atoms with Gasteiger partial charge in [0.15, 0.2) is 0 Å². The predicted molar refractivity (Wildman–Crippen MR) is 105 cm³/mol. The molecule has 0 saturated carbocycles. The largest absolute Gasteiger partial charge is 0.464 e. The van der Waals surface area contributed by atoms with Crippen LogP contribution in [0.5, 0.6) is 0 Å². The number of nitrogens with zero attached hydrogens (tertiary/aromatic N) is 1. The summed E-state index contributed by atoms with van der Waals surface area (Å²) in [6.45, 7) is 0. The maximum absolute atomic E-state index is 12.7. The van der Waals surface area contributed by atoms with Gasteiger partial charge >= 0.3 is 5.97 Å². The molecule has 0 aliphatic carbocycles. The fourth-order valence-electron chi connectivity index (χ4n) is 2.35. The number of carbonyl (C=O) groups excluding carboxylic acids is 1. The second-order valence-corrected chi connectivity index (χ2v) is 7.29. The van der Waals surface area contributed by atoms with E-state index >= 15 is 0 Å². The summed E-state index contributed by atoms with van der Waals surface area (Å²) in [5.41, 5.74) is 1.52. The normalized spacial score (nSPS) is 10.5. The summed E-state index contributed by atoms with van der Waals surface area (Å²) in [5.74, 6) is 5.18. The fraction of sp³-hybridized carbons (Fsp3) is 0.0476. The van der Waals surface area contributed by atoms with E-state index in [2.05, 4.69) is 26.3 Å². The minimum Gasteiger partial charge on any atom is -0.464 e. The highest BCUT2D eigenvalue weighted by atomic mass is 32.2. The van der Waals surface area contributed by atoms with Crippen molar-refractivity contribution < 1.29 is 17.9 Å². The molecule has 0 aliphatic rings. The van der Waals surface area contributed by atoms with Crippen molar-refractivity contribution in [1.29, 1.82) is 0 Å². The monoisotopic (exact) mass is 392 g/mol. The fourth-order valence-corrected chi connectivity index (χ4v) is 3.58. The summed E-state index contributed by atoms with van der Waals surface area (Å²) >= 11 is 0. The first-order chi connectivity index (χ1) is 13.5. The van der Waals surface area contributed by atoms with Crippen LogP contribution in [0.15, 0.2) is 77.8 Å². The predicted octanol–water partition coefficient (Wildman–Crippen LogP) is 3.07. The van der Waals surface area contributed by atoms with Crippen molar-refractivity contribution >= 4 is 21.7 Å². The third-order valence-electron chi connectivity index (χ3n) is 3.70. The van der Waals surface area contributed by atoms with Crippen molar-refractivity contribution in [1.82, 2.24) is 4.98 Å². The van der Waals surface area contributed by atoms with Crippen molar-refractivity contribution in [2.45, 2.75) is 4.90 Å². The van der Waals surface area contributed by atoms with Crippen LogP contribution in [0, 0.1) is 11.8 Å². The summed E-state index contributed by atoms with van der Waals surface area (Å²) in [7, 11) is -2.52. The highest BCUT2D eigenvalue weighted by Gasteiger charge is 2.17. The molecule has 0 radical (unpaired) electrons. The third kappa shape index (κ3) is 4.55. The first-order valence-corrected chi connectivity index (χ1v) is 9.71. The lowest BCUT2D eigenvalue weighted by molar-refractivity contribution is 0.0594. The number of pyridine rings is 1. The molecule has 3 rings (SSSR count). The Bertz CT molecular complexity index is 1150. The zero-order chi connectivity index (χ0) is 20.0. The van der Waals surface area contributed by atoms with Gasteiger partial charge < -0.3 is 4.74 Å². The average molecular weight is 392 g/mol. The maximum atomic E-state index is 12.7. The molecule has 1 N–H and O–H groups in total. The Kier molecular flexibility index (Phi) is 5.72. The molecule has 0 amide bonds. The smallest absolute Gasteiger partial charge is 0.356 e. The van der Waals surface area contributed by atoms with Gasteiger partial charge in [0.2, 0.25) is 0 Å². The molecule has 140 valence electrons. The van der Waals surface area contributed by atoms with Crippen LogP contribution in [0.4, 0.5) is 5.69 Å². The third-order valence-corrected chi connectivity index (χ3v) is 5.14. The van der Waals surface area contributed by atoms with E-state index < -0.39 is 16.0 Å². The Morgan fingerprint density at radius 1 is 0.964 bits per heavy atom. The molecule has 1 aromatic heterocycles. The van der Waals surface area contributed by atoms with Gasteiger partial charge in [0.25, 0.3) is 10.0 Å². The molecule has 0 unspecified atom stereocenters. The van der Waals surface area contributed by atoms with Gasteiger partial charge in [0.05, 0.1) is 7.11 Å². The average Bonchev–Trinajstić information content (AvgIpc) is 2.72. The quantitative estimate of drug-likeness (QED) is 0.545. The van der Waals surface area contributed by atoms with E-state index in [0.29, 0.717) is 16.8 Å². The number of esters is 1. The second-order valence-electron chi connectivity index (χ2n) is 5.64. The van der Waals surface area contributed by atoms with Gasteiger partial charge in [-0.05, 0) is 36.4 Å². The Balaban J connectivity index is 1.89. The van der Waals surface area contributed by atoms with E-state index in [9.17, 15) is 13.2 Å². The van der Waals surface area contributed by atoms with Gasteiger partial charge in [0.1, 0.15) is 10.6 Å². The molecule has 3 aromatic rings. The number of hydrogen-bond acceptors (Lipinski definition) is 5. The molecule has 2 aromatic carbocycles. The Morgan fingerprint density at radius 3 is 2.36 bits per heavy atom. The van der Waals surface area contributed by atoms with Crippen LogP contribution >= 0.6 is 0 Å². The van der Waals surface area contributed by atoms with Gasteiger partial charge in [-0.25, -0.2) is 18.2 Å². The molecular formula is C21H16N2O4S. The molecule has 7 heteroatoms. The van der Waals surface area contributed by atoms with E-state index in [1.165, 1.54) is 25.4 Å². The van der Waals surface area contributed by atoms with E-state index in [0.717, 1.165) is 0 Å². The van der Waals surface area contributed by atoms with Crippen LogP contribution in [0.3, 0.4) is 0 Å². The number of rotatable bonds is 4. The zero-order valence-electron chi connectivity index (χ0n) is 14.9. The summed E-state index contributed by atoms with van der Waals surface area (Å²) in [6.07, 6.45) is 1.43. The first-order valence-electron chi connectivity index (χ1n) is 8.23. The molecule has 0 fully saturated rings. The maximum Gasteiger partial charge on any atom is 0.356 e. The van der Waals surface area contributed by atoms with Gasteiger partial charge in [-0.15, -0.1) is 0 Å². The van der Waals surface area contributed by atoms with Gasteiger partial charge in [0, 0.05) is 23.0 Å². The van der Waals surface area contributed by atoms with Crippen LogP contribution in [0.1, 0.15) is 21.6 Å². The number of nitrogens with one attached hydrogen (secondary N) is 1. The SMILES string of the molecule is COC(=O)c1ccc(C#Cc2ccccc2S(=O)(=O)Nc2ccccc2)cn1. The van der Waals surface area contributed by atoms with Gasteiger partial charge in [-0.2, -0.15) is 0 Å². The highest BCUT2D eigenvalue weighted by Crippen LogP contribution is 2.19. The number of sulfonamides is 1. The topological polar surface area (TPSA) is 85.4 Å². The van der Waals surface area contributed by atoms with E-state index in [1.54, 1.807) is 54.6 Å². The van der Waals surface area contributed by atoms with E-state index in [1.807, 2.05) is 0 Å². The van der Waals surface area contributed by atoms with Crippen LogP contribution < -0.4 is 4.72 Å². The molecule has 28 heavy (non-hydrogen) atoms. The van der Waals surface area contributed by atoms with Crippen LogP contribution in [0.2, 0.25) is 0 Å². The van der Waals surface area contributed by atoms with Crippen molar-refractivity contribution in [2.75, 3.05) is 11.8 Å². The Morgan fingerprint density at radius 2 is 1.68 bits per heavy atom. The highest BCUT2D eigenvalue weighted by molar-refractivity contribution is 7.92. The number of methoxy groups -OCH3 is 1. The number of ether oxygens (including phenoxy) is 1. The van der Waals surface area contributed by atoms with Crippen LogP contribution in [-0.4, -0.2) is 26.5 Å². The second kappa shape index (κ2) is 8.37. The molecule has 0 atom stereocenters. The van der Waals surface area contributed by atoms with Crippen LogP contribution in [-0.2, 0) is 14.8 Å². The Hall–Kier alpha value is -3.63. The van der Waals surface area contributed by atoms with E-state index in [4.69, 9.17) is 0 Å². The number of para-hydroxylation sites is 1. The lowest BCUT2D eigenvalue weighted by Crippen LogP contribution is -2.14. The molecule has 0 aliphatic heterocycles. The summed E-state index contributed by atoms with van der Waals surface area (Å²) in [4.78, 5) is 15.5. The van der Waals surface area contributed by atoms with E-state index in [-0.39, 0.29) is 10.6 Å². The molecule has 6 nitrogen and oxygen atoms in total. The summed E-state index contributed by atoms with van der Waals surface area (Å²) < 4.78 is 32.6. The molecule has 0 bridgehead atoms. The molecule has 0 spiro atoms. The van der Waals surface area contributed by atoms with Crippen molar-refractivity contribution in [3.63, 3.8) is 0 Å². The number of hydrogen-bond donors (Lipinski definition) is 1. The summed E-state index contributed by atoms with van der Waals surface area (Å²) in [5, 5.41) is 0. The van der Waals surface area contributed by atoms with Crippen molar-refractivity contribution in [3.05, 3.63) is 89.7 Å². The number of carbonyl (C=O) groups is 1. The standard InChI is InChI=1S/C21H16N2O4S/c1-27-21(24)19-14-12-16(15-22-19)11-13-17-7-5-6-10-20(17)28(25,26)23-18-8-3-2-4-9-18/h2-10,12,14-15,23H,1H3. The lowest BCUT2D eigenvalue weighted by Gasteiger charge is -2.09. The molecular weight excluding hydrogens is 376 g/mol. The van der Waals surface area contributed by atoms with Gasteiger partial charge in [-0.3, -0.25) is 4.72 Å². The number of benzene rings is 2. The summed E-state index contributed by atoms with van der Waals surface area (Å²) in [6, 6.07) is 18.2. The first kappa shape index (κ1) is 19.1. The van der Waals surface area contributed by atoms with Crippen LogP contribution in [0.25, 0.3) is 0 Å².